The van der Waals surface area contributed by atoms with Crippen LogP contribution in [0.2, 0.25) is 0 Å². The third kappa shape index (κ3) is 4.54. The van der Waals surface area contributed by atoms with Crippen molar-refractivity contribution in [1.29, 1.82) is 0 Å². The molecule has 0 aromatic heterocycles. The second-order valence-corrected chi connectivity index (χ2v) is 4.72. The highest BCUT2D eigenvalue weighted by molar-refractivity contribution is 5.95. The van der Waals surface area contributed by atoms with Gasteiger partial charge in [-0.2, -0.15) is 0 Å². The number of anilines is 1. The molecule has 0 saturated heterocycles. The van der Waals surface area contributed by atoms with Crippen molar-refractivity contribution in [1.82, 2.24) is 0 Å². The van der Waals surface area contributed by atoms with Crippen LogP contribution in [-0.2, 0) is 4.74 Å². The molecule has 0 saturated carbocycles. The number of unbranched alkanes of at least 4 members (excludes halogenated alkanes) is 1. The summed E-state index contributed by atoms with van der Waals surface area (Å²) in [5.74, 6) is -0.780. The van der Waals surface area contributed by atoms with E-state index in [-0.39, 0.29) is 11.3 Å². The number of carbonyl (C=O) groups is 1. The summed E-state index contributed by atoms with van der Waals surface area (Å²) in [6, 6.07) is 4.16. The fraction of sp³-hybridized carbons (Fsp3) is 0.533. The Hall–Kier alpha value is -1.58. The molecule has 4 heteroatoms. The highest BCUT2D eigenvalue weighted by Gasteiger charge is 2.15. The number of carbonyl (C=O) groups excluding carboxylic acids is 1. The van der Waals surface area contributed by atoms with Gasteiger partial charge in [0.25, 0.3) is 0 Å². The zero-order valence-electron chi connectivity index (χ0n) is 11.6. The lowest BCUT2D eigenvalue weighted by Gasteiger charge is -2.15. The summed E-state index contributed by atoms with van der Waals surface area (Å²) < 4.78 is 18.5. The SMILES string of the molecule is CCCCC(CC)COC(=O)c1cccc(F)c1N. The Morgan fingerprint density at radius 1 is 1.42 bits per heavy atom. The highest BCUT2D eigenvalue weighted by atomic mass is 19.1. The van der Waals surface area contributed by atoms with E-state index < -0.39 is 11.8 Å². The number of esters is 1. The smallest absolute Gasteiger partial charge is 0.340 e. The minimum Gasteiger partial charge on any atom is -0.462 e. The zero-order valence-corrected chi connectivity index (χ0v) is 11.6. The zero-order chi connectivity index (χ0) is 14.3. The van der Waals surface area contributed by atoms with Gasteiger partial charge in [-0.05, 0) is 24.5 Å². The van der Waals surface area contributed by atoms with E-state index in [0.717, 1.165) is 25.7 Å². The normalized spacial score (nSPS) is 12.2. The minimum absolute atomic E-state index is 0.102. The lowest BCUT2D eigenvalue weighted by molar-refractivity contribution is 0.0429. The van der Waals surface area contributed by atoms with E-state index in [1.54, 1.807) is 0 Å². The molecule has 0 fully saturated rings. The number of ether oxygens (including phenoxy) is 1. The number of rotatable bonds is 7. The molecule has 0 heterocycles. The molecule has 0 aliphatic heterocycles. The molecule has 0 aliphatic rings. The summed E-state index contributed by atoms with van der Waals surface area (Å²) in [6.07, 6.45) is 4.25. The molecular weight excluding hydrogens is 245 g/mol. The van der Waals surface area contributed by atoms with Gasteiger partial charge in [-0.15, -0.1) is 0 Å². The highest BCUT2D eigenvalue weighted by Crippen LogP contribution is 2.18. The van der Waals surface area contributed by atoms with E-state index in [0.29, 0.717) is 12.5 Å². The maximum Gasteiger partial charge on any atom is 0.340 e. The summed E-state index contributed by atoms with van der Waals surface area (Å²) in [7, 11) is 0. The molecule has 0 aliphatic carbocycles. The van der Waals surface area contributed by atoms with Gasteiger partial charge >= 0.3 is 5.97 Å². The number of nitrogen functional groups attached to an aromatic ring is 1. The molecule has 3 nitrogen and oxygen atoms in total. The van der Waals surface area contributed by atoms with Crippen molar-refractivity contribution in [2.45, 2.75) is 39.5 Å². The van der Waals surface area contributed by atoms with Crippen LogP contribution in [0.15, 0.2) is 18.2 Å². The Morgan fingerprint density at radius 2 is 2.16 bits per heavy atom. The summed E-state index contributed by atoms with van der Waals surface area (Å²) in [5, 5.41) is 0. The Morgan fingerprint density at radius 3 is 2.79 bits per heavy atom. The van der Waals surface area contributed by atoms with Gasteiger partial charge in [0, 0.05) is 0 Å². The van der Waals surface area contributed by atoms with Crippen molar-refractivity contribution in [2.24, 2.45) is 5.92 Å². The number of hydrogen-bond acceptors (Lipinski definition) is 3. The quantitative estimate of drug-likeness (QED) is 0.604. The fourth-order valence-electron chi connectivity index (χ4n) is 1.88. The first-order valence-electron chi connectivity index (χ1n) is 6.81. The maximum absolute atomic E-state index is 13.2. The van der Waals surface area contributed by atoms with Gasteiger partial charge in [-0.1, -0.05) is 39.2 Å². The second kappa shape index (κ2) is 7.77. The number of hydrogen-bond donors (Lipinski definition) is 1. The first-order valence-corrected chi connectivity index (χ1v) is 6.81. The molecule has 1 atom stereocenters. The van der Waals surface area contributed by atoms with Crippen LogP contribution in [0.4, 0.5) is 10.1 Å². The van der Waals surface area contributed by atoms with E-state index in [2.05, 4.69) is 13.8 Å². The van der Waals surface area contributed by atoms with Crippen LogP contribution in [0, 0.1) is 11.7 Å². The largest absolute Gasteiger partial charge is 0.462 e. The van der Waals surface area contributed by atoms with Crippen LogP contribution in [0.1, 0.15) is 49.9 Å². The number of para-hydroxylation sites is 1. The Labute approximate surface area is 113 Å². The third-order valence-corrected chi connectivity index (χ3v) is 3.27. The number of benzene rings is 1. The molecule has 1 unspecified atom stereocenters. The average molecular weight is 267 g/mol. The molecule has 1 aromatic rings. The molecule has 1 aromatic carbocycles. The van der Waals surface area contributed by atoms with Crippen LogP contribution in [0.25, 0.3) is 0 Å². The van der Waals surface area contributed by atoms with Gasteiger partial charge in [-0.3, -0.25) is 0 Å². The van der Waals surface area contributed by atoms with Crippen LogP contribution in [-0.4, -0.2) is 12.6 Å². The molecule has 0 amide bonds. The van der Waals surface area contributed by atoms with Gasteiger partial charge < -0.3 is 10.5 Å². The van der Waals surface area contributed by atoms with Crippen LogP contribution >= 0.6 is 0 Å². The van der Waals surface area contributed by atoms with Gasteiger partial charge in [0.05, 0.1) is 17.9 Å². The molecule has 1 rings (SSSR count). The molecule has 0 bridgehead atoms. The molecular formula is C15H22FNO2. The van der Waals surface area contributed by atoms with E-state index in [1.165, 1.54) is 18.2 Å². The number of nitrogens with two attached hydrogens (primary N) is 1. The fourth-order valence-corrected chi connectivity index (χ4v) is 1.88. The van der Waals surface area contributed by atoms with Crippen LogP contribution in [0.5, 0.6) is 0 Å². The monoisotopic (exact) mass is 267 g/mol. The lowest BCUT2D eigenvalue weighted by Crippen LogP contribution is -2.15. The Bertz CT molecular complexity index is 421. The maximum atomic E-state index is 13.2. The third-order valence-electron chi connectivity index (χ3n) is 3.27. The standard InChI is InChI=1S/C15H22FNO2/c1-3-5-7-11(4-2)10-19-15(18)12-8-6-9-13(16)14(12)17/h6,8-9,11H,3-5,7,10,17H2,1-2H3. The molecule has 0 spiro atoms. The lowest BCUT2D eigenvalue weighted by atomic mass is 10.0. The minimum atomic E-state index is -0.590. The van der Waals surface area contributed by atoms with Crippen molar-refractivity contribution < 1.29 is 13.9 Å². The van der Waals surface area contributed by atoms with Gasteiger partial charge in [0.2, 0.25) is 0 Å². The van der Waals surface area contributed by atoms with Crippen molar-refractivity contribution in [3.05, 3.63) is 29.6 Å². The Balaban J connectivity index is 2.57. The van der Waals surface area contributed by atoms with Gasteiger partial charge in [-0.25, -0.2) is 9.18 Å². The summed E-state index contributed by atoms with van der Waals surface area (Å²) in [4.78, 5) is 11.8. The molecule has 106 valence electrons. The molecule has 0 radical (unpaired) electrons. The van der Waals surface area contributed by atoms with E-state index in [9.17, 15) is 9.18 Å². The van der Waals surface area contributed by atoms with Crippen LogP contribution < -0.4 is 5.73 Å². The summed E-state index contributed by atoms with van der Waals surface area (Å²) in [6.45, 7) is 4.57. The van der Waals surface area contributed by atoms with Crippen molar-refractivity contribution in [2.75, 3.05) is 12.3 Å². The van der Waals surface area contributed by atoms with E-state index >= 15 is 0 Å². The van der Waals surface area contributed by atoms with Crippen molar-refractivity contribution in [3.63, 3.8) is 0 Å². The van der Waals surface area contributed by atoms with Crippen molar-refractivity contribution in [3.8, 4) is 0 Å². The summed E-state index contributed by atoms with van der Waals surface area (Å²) >= 11 is 0. The van der Waals surface area contributed by atoms with Crippen LogP contribution in [0.3, 0.4) is 0 Å². The van der Waals surface area contributed by atoms with E-state index in [4.69, 9.17) is 10.5 Å². The Kier molecular flexibility index (Phi) is 6.33. The predicted molar refractivity (Wildman–Crippen MR) is 74.4 cm³/mol. The van der Waals surface area contributed by atoms with Crippen molar-refractivity contribution >= 4 is 11.7 Å². The first kappa shape index (κ1) is 15.5. The number of halogens is 1. The topological polar surface area (TPSA) is 52.3 Å². The van der Waals surface area contributed by atoms with E-state index in [1.807, 2.05) is 0 Å². The second-order valence-electron chi connectivity index (χ2n) is 4.72. The average Bonchev–Trinajstić information content (AvgIpc) is 2.42. The summed E-state index contributed by atoms with van der Waals surface area (Å²) in [5.41, 5.74) is 5.48. The van der Waals surface area contributed by atoms with Gasteiger partial charge in [0.1, 0.15) is 5.82 Å². The molecule has 19 heavy (non-hydrogen) atoms. The molecule has 2 N–H and O–H groups in total. The predicted octanol–water partition coefficient (Wildman–Crippen LogP) is 3.78. The first-order chi connectivity index (χ1) is 9.10. The van der Waals surface area contributed by atoms with Gasteiger partial charge in [0.15, 0.2) is 0 Å².